The Kier molecular flexibility index (Phi) is 5.74. The average molecular weight is 222 g/mol. The Morgan fingerprint density at radius 3 is 1.40 bits per heavy atom. The van der Waals surface area contributed by atoms with E-state index >= 15 is 0 Å². The van der Waals surface area contributed by atoms with Crippen molar-refractivity contribution in [2.24, 2.45) is 5.41 Å². The van der Waals surface area contributed by atoms with E-state index in [9.17, 15) is 9.90 Å². The van der Waals surface area contributed by atoms with Gasteiger partial charge in [0.1, 0.15) is 0 Å². The number of aliphatic carboxylic acids is 1. The van der Waals surface area contributed by atoms with Crippen molar-refractivity contribution in [3.8, 4) is 0 Å². The van der Waals surface area contributed by atoms with Crippen molar-refractivity contribution in [2.45, 2.75) is 19.5 Å². The van der Waals surface area contributed by atoms with E-state index < -0.39 is 24.0 Å². The molecule has 0 rings (SSSR count). The minimum atomic E-state index is -1.44. The second-order valence-electron chi connectivity index (χ2n) is 3.19. The van der Waals surface area contributed by atoms with Gasteiger partial charge >= 0.3 is 5.97 Å². The largest absolute Gasteiger partial charge is 0.481 e. The van der Waals surface area contributed by atoms with Crippen LogP contribution < -0.4 is 0 Å². The fourth-order valence-electron chi connectivity index (χ4n) is 1.48. The molecule has 15 heavy (non-hydrogen) atoms. The van der Waals surface area contributed by atoms with Crippen LogP contribution in [0, 0.1) is 5.41 Å². The lowest BCUT2D eigenvalue weighted by Crippen LogP contribution is -2.52. The molecule has 0 bridgehead atoms. The molecule has 0 amide bonds. The van der Waals surface area contributed by atoms with E-state index in [1.54, 1.807) is 0 Å². The summed E-state index contributed by atoms with van der Waals surface area (Å²) in [7, 11) is 5.44. The zero-order valence-electron chi connectivity index (χ0n) is 9.64. The van der Waals surface area contributed by atoms with Gasteiger partial charge in [-0.05, 0) is 6.92 Å². The van der Waals surface area contributed by atoms with Crippen LogP contribution in [-0.4, -0.2) is 52.1 Å². The molecular weight excluding hydrogens is 204 g/mol. The highest BCUT2D eigenvalue weighted by atomic mass is 16.7. The minimum absolute atomic E-state index is 0.958. The summed E-state index contributed by atoms with van der Waals surface area (Å²) in [6.45, 7) is 1.44. The third kappa shape index (κ3) is 2.66. The van der Waals surface area contributed by atoms with E-state index in [0.29, 0.717) is 0 Å². The zero-order valence-corrected chi connectivity index (χ0v) is 9.64. The Morgan fingerprint density at radius 1 is 1.00 bits per heavy atom. The lowest BCUT2D eigenvalue weighted by Gasteiger charge is -2.36. The first-order chi connectivity index (χ1) is 6.98. The number of methoxy groups -OCH3 is 4. The summed E-state index contributed by atoms with van der Waals surface area (Å²) in [5.41, 5.74) is -1.44. The van der Waals surface area contributed by atoms with Gasteiger partial charge in [-0.1, -0.05) is 0 Å². The summed E-state index contributed by atoms with van der Waals surface area (Å²) in [5.74, 6) is -1.12. The molecule has 0 saturated carbocycles. The molecule has 0 aliphatic carbocycles. The molecule has 90 valence electrons. The molecule has 0 unspecified atom stereocenters. The molecule has 0 radical (unpaired) electrons. The predicted octanol–water partition coefficient (Wildman–Crippen LogP) is 0.315. The Morgan fingerprint density at radius 2 is 1.27 bits per heavy atom. The van der Waals surface area contributed by atoms with Crippen molar-refractivity contribution in [2.75, 3.05) is 28.4 Å². The normalized spacial score (nSPS) is 12.5. The standard InChI is InChI=1S/C9H18O6/c1-9(6(10)11,7(12-2)13-3)8(14-4)15-5/h7-8H,1-5H3,(H,10,11). The zero-order chi connectivity index (χ0) is 12.1. The molecule has 0 saturated heterocycles. The van der Waals surface area contributed by atoms with Crippen LogP contribution in [-0.2, 0) is 23.7 Å². The van der Waals surface area contributed by atoms with Gasteiger partial charge in [0.15, 0.2) is 18.0 Å². The number of rotatable bonds is 7. The number of carboxylic acid groups (broad SMARTS) is 1. The summed E-state index contributed by atoms with van der Waals surface area (Å²) < 4.78 is 19.8. The first-order valence-corrected chi connectivity index (χ1v) is 4.33. The number of ether oxygens (including phenoxy) is 4. The maximum absolute atomic E-state index is 11.2. The van der Waals surface area contributed by atoms with Crippen LogP contribution >= 0.6 is 0 Å². The molecule has 0 aliphatic heterocycles. The van der Waals surface area contributed by atoms with E-state index in [4.69, 9.17) is 18.9 Å². The molecule has 6 nitrogen and oxygen atoms in total. The van der Waals surface area contributed by atoms with Gasteiger partial charge in [-0.3, -0.25) is 4.79 Å². The highest BCUT2D eigenvalue weighted by Gasteiger charge is 2.50. The number of carboxylic acids is 1. The quantitative estimate of drug-likeness (QED) is 0.625. The van der Waals surface area contributed by atoms with Crippen molar-refractivity contribution in [3.05, 3.63) is 0 Å². The van der Waals surface area contributed by atoms with Crippen molar-refractivity contribution >= 4 is 5.97 Å². The average Bonchev–Trinajstić information content (AvgIpc) is 2.21. The van der Waals surface area contributed by atoms with Gasteiger partial charge in [0.05, 0.1) is 0 Å². The second kappa shape index (κ2) is 6.02. The van der Waals surface area contributed by atoms with Crippen molar-refractivity contribution in [3.63, 3.8) is 0 Å². The highest BCUT2D eigenvalue weighted by molar-refractivity contribution is 5.75. The Hall–Kier alpha value is -0.690. The Bertz CT molecular complexity index is 185. The highest BCUT2D eigenvalue weighted by Crippen LogP contribution is 2.31. The fourth-order valence-corrected chi connectivity index (χ4v) is 1.48. The van der Waals surface area contributed by atoms with Gasteiger partial charge in [-0.25, -0.2) is 0 Å². The molecule has 1 N–H and O–H groups in total. The van der Waals surface area contributed by atoms with Crippen LogP contribution in [0.3, 0.4) is 0 Å². The first-order valence-electron chi connectivity index (χ1n) is 4.33. The summed E-state index contributed by atoms with van der Waals surface area (Å²) >= 11 is 0. The molecular formula is C9H18O6. The molecule has 0 atom stereocenters. The van der Waals surface area contributed by atoms with Crippen molar-refractivity contribution < 1.29 is 28.8 Å². The fraction of sp³-hybridized carbons (Fsp3) is 0.889. The maximum atomic E-state index is 11.2. The molecule has 0 aliphatic rings. The van der Waals surface area contributed by atoms with Crippen molar-refractivity contribution in [1.82, 2.24) is 0 Å². The van der Waals surface area contributed by atoms with E-state index in [1.807, 2.05) is 0 Å². The van der Waals surface area contributed by atoms with Gasteiger partial charge in [0.25, 0.3) is 0 Å². The summed E-state index contributed by atoms with van der Waals surface area (Å²) in [5, 5.41) is 9.18. The molecule has 6 heteroatoms. The molecule has 0 fully saturated rings. The topological polar surface area (TPSA) is 74.2 Å². The number of hydrogen-bond acceptors (Lipinski definition) is 5. The van der Waals surface area contributed by atoms with Gasteiger partial charge in [0, 0.05) is 28.4 Å². The van der Waals surface area contributed by atoms with Gasteiger partial charge in [0.2, 0.25) is 0 Å². The van der Waals surface area contributed by atoms with E-state index in [0.717, 1.165) is 0 Å². The van der Waals surface area contributed by atoms with Crippen LogP contribution in [0.1, 0.15) is 6.92 Å². The smallest absolute Gasteiger partial charge is 0.319 e. The summed E-state index contributed by atoms with van der Waals surface area (Å²) in [4.78, 5) is 11.2. The third-order valence-electron chi connectivity index (χ3n) is 2.30. The van der Waals surface area contributed by atoms with Gasteiger partial charge in [-0.15, -0.1) is 0 Å². The molecule has 0 aromatic rings. The molecule has 0 spiro atoms. The lowest BCUT2D eigenvalue weighted by molar-refractivity contribution is -0.264. The summed E-state index contributed by atoms with van der Waals surface area (Å²) in [6.07, 6.45) is -1.92. The van der Waals surface area contributed by atoms with E-state index in [1.165, 1.54) is 35.4 Å². The Labute approximate surface area is 89.1 Å². The van der Waals surface area contributed by atoms with Crippen LogP contribution in [0.4, 0.5) is 0 Å². The molecule has 0 aromatic carbocycles. The van der Waals surface area contributed by atoms with Gasteiger partial charge in [-0.2, -0.15) is 0 Å². The molecule has 0 heterocycles. The van der Waals surface area contributed by atoms with Crippen LogP contribution in [0.2, 0.25) is 0 Å². The van der Waals surface area contributed by atoms with E-state index in [2.05, 4.69) is 0 Å². The van der Waals surface area contributed by atoms with Crippen LogP contribution in [0.5, 0.6) is 0 Å². The third-order valence-corrected chi connectivity index (χ3v) is 2.30. The second-order valence-corrected chi connectivity index (χ2v) is 3.19. The number of hydrogen-bond donors (Lipinski definition) is 1. The van der Waals surface area contributed by atoms with E-state index in [-0.39, 0.29) is 0 Å². The van der Waals surface area contributed by atoms with Crippen LogP contribution in [0.25, 0.3) is 0 Å². The first kappa shape index (κ1) is 14.3. The lowest BCUT2D eigenvalue weighted by atomic mass is 9.88. The van der Waals surface area contributed by atoms with Crippen molar-refractivity contribution in [1.29, 1.82) is 0 Å². The van der Waals surface area contributed by atoms with Gasteiger partial charge < -0.3 is 24.1 Å². The van der Waals surface area contributed by atoms with Crippen LogP contribution in [0.15, 0.2) is 0 Å². The molecule has 0 aromatic heterocycles. The summed E-state index contributed by atoms with van der Waals surface area (Å²) in [6, 6.07) is 0. The Balaban J connectivity index is 5.10. The number of carbonyl (C=O) groups is 1. The predicted molar refractivity (Wildman–Crippen MR) is 51.4 cm³/mol. The monoisotopic (exact) mass is 222 g/mol. The minimum Gasteiger partial charge on any atom is -0.481 e. The maximum Gasteiger partial charge on any atom is 0.319 e. The SMILES string of the molecule is COC(OC)C(C)(C(=O)O)C(OC)OC.